The number of rotatable bonds is 4. The molecule has 2 aliphatic heterocycles. The SMILES string of the molecule is O=C(Nc1cccc(Cl)c1)C1Cn2ccnc2C2(CCN(Cc3ccccc3)CC2)O1.O=C(O)C(F)(F)F. The van der Waals surface area contributed by atoms with E-state index < -0.39 is 23.9 Å². The number of imidazole rings is 1. The van der Waals surface area contributed by atoms with Crippen LogP contribution >= 0.6 is 11.6 Å². The molecule has 2 N–H and O–H groups in total. The van der Waals surface area contributed by atoms with Crippen LogP contribution in [0.1, 0.15) is 24.2 Å². The van der Waals surface area contributed by atoms with E-state index in [4.69, 9.17) is 26.2 Å². The third kappa shape index (κ3) is 6.72. The molecule has 0 bridgehead atoms. The van der Waals surface area contributed by atoms with Crippen molar-refractivity contribution in [3.8, 4) is 0 Å². The van der Waals surface area contributed by atoms with E-state index in [0.29, 0.717) is 17.3 Å². The molecule has 0 saturated carbocycles. The van der Waals surface area contributed by atoms with Gasteiger partial charge in [-0.25, -0.2) is 9.78 Å². The highest BCUT2D eigenvalue weighted by Crippen LogP contribution is 2.40. The van der Waals surface area contributed by atoms with Crippen LogP contribution in [0.4, 0.5) is 18.9 Å². The maximum absolute atomic E-state index is 13.0. The Bertz CT molecular complexity index is 1260. The van der Waals surface area contributed by atoms with E-state index in [1.54, 1.807) is 18.3 Å². The topological polar surface area (TPSA) is 96.7 Å². The van der Waals surface area contributed by atoms with Crippen LogP contribution in [0.15, 0.2) is 67.0 Å². The number of benzene rings is 2. The average molecular weight is 551 g/mol. The zero-order chi connectivity index (χ0) is 27.3. The summed E-state index contributed by atoms with van der Waals surface area (Å²) in [5.74, 6) is -1.99. The highest BCUT2D eigenvalue weighted by molar-refractivity contribution is 6.30. The summed E-state index contributed by atoms with van der Waals surface area (Å²) in [5.41, 5.74) is 1.44. The molecule has 12 heteroatoms. The highest BCUT2D eigenvalue weighted by atomic mass is 35.5. The van der Waals surface area contributed by atoms with Gasteiger partial charge in [-0.05, 0) is 36.6 Å². The van der Waals surface area contributed by atoms with Crippen molar-refractivity contribution >= 4 is 29.2 Å². The largest absolute Gasteiger partial charge is 0.490 e. The Labute approximate surface area is 222 Å². The fraction of sp³-hybridized carbons (Fsp3) is 0.346. The number of nitrogens with one attached hydrogen (secondary N) is 1. The van der Waals surface area contributed by atoms with Crippen molar-refractivity contribution < 1.29 is 32.6 Å². The second-order valence-corrected chi connectivity index (χ2v) is 9.50. The van der Waals surface area contributed by atoms with Gasteiger partial charge in [0.15, 0.2) is 6.10 Å². The molecular formula is C26H26ClF3N4O4. The van der Waals surface area contributed by atoms with Gasteiger partial charge >= 0.3 is 12.1 Å². The number of carboxylic acid groups (broad SMARTS) is 1. The van der Waals surface area contributed by atoms with E-state index in [1.165, 1.54) is 5.56 Å². The molecule has 2 aliphatic rings. The van der Waals surface area contributed by atoms with Gasteiger partial charge in [0, 0.05) is 42.7 Å². The molecule has 0 aliphatic carbocycles. The van der Waals surface area contributed by atoms with Gasteiger partial charge in [0.25, 0.3) is 5.91 Å². The monoisotopic (exact) mass is 550 g/mol. The molecule has 5 rings (SSSR count). The molecule has 0 radical (unpaired) electrons. The molecule has 202 valence electrons. The molecule has 1 fully saturated rings. The van der Waals surface area contributed by atoms with Crippen LogP contribution in [0.3, 0.4) is 0 Å². The van der Waals surface area contributed by atoms with Crippen molar-refractivity contribution in [2.24, 2.45) is 0 Å². The Morgan fingerprint density at radius 3 is 2.45 bits per heavy atom. The molecule has 1 unspecified atom stereocenters. The van der Waals surface area contributed by atoms with Crippen molar-refractivity contribution in [3.63, 3.8) is 0 Å². The Morgan fingerprint density at radius 2 is 1.82 bits per heavy atom. The maximum atomic E-state index is 13.0. The van der Waals surface area contributed by atoms with Gasteiger partial charge in [-0.3, -0.25) is 9.69 Å². The fourth-order valence-corrected chi connectivity index (χ4v) is 4.77. The molecule has 1 amide bonds. The van der Waals surface area contributed by atoms with Gasteiger partial charge in [0.2, 0.25) is 0 Å². The Hall–Kier alpha value is -3.41. The van der Waals surface area contributed by atoms with Crippen molar-refractivity contribution in [1.29, 1.82) is 0 Å². The highest BCUT2D eigenvalue weighted by Gasteiger charge is 2.47. The predicted octanol–water partition coefficient (Wildman–Crippen LogP) is 4.70. The molecule has 38 heavy (non-hydrogen) atoms. The van der Waals surface area contributed by atoms with Crippen LogP contribution in [0.5, 0.6) is 0 Å². The van der Waals surface area contributed by atoms with Crippen molar-refractivity contribution in [1.82, 2.24) is 14.5 Å². The number of alkyl halides is 3. The zero-order valence-corrected chi connectivity index (χ0v) is 21.0. The van der Waals surface area contributed by atoms with Gasteiger partial charge in [-0.2, -0.15) is 13.2 Å². The number of hydrogen-bond donors (Lipinski definition) is 2. The minimum absolute atomic E-state index is 0.160. The zero-order valence-electron chi connectivity index (χ0n) is 20.2. The lowest BCUT2D eigenvalue weighted by Gasteiger charge is -2.45. The number of hydrogen-bond acceptors (Lipinski definition) is 5. The van der Waals surface area contributed by atoms with E-state index in [9.17, 15) is 18.0 Å². The number of piperidine rings is 1. The lowest BCUT2D eigenvalue weighted by Crippen LogP contribution is -2.53. The molecule has 8 nitrogen and oxygen atoms in total. The molecule has 1 spiro atoms. The van der Waals surface area contributed by atoms with Crippen molar-refractivity contribution in [2.45, 2.75) is 43.8 Å². The number of halogens is 4. The smallest absolute Gasteiger partial charge is 0.475 e. The number of carbonyl (C=O) groups excluding carboxylic acids is 1. The summed E-state index contributed by atoms with van der Waals surface area (Å²) in [7, 11) is 0. The van der Waals surface area contributed by atoms with Crippen molar-refractivity contribution in [3.05, 3.63) is 83.4 Å². The molecule has 2 aromatic carbocycles. The summed E-state index contributed by atoms with van der Waals surface area (Å²) in [5, 5.41) is 10.7. The number of nitrogens with zero attached hydrogens (tertiary/aromatic N) is 3. The summed E-state index contributed by atoms with van der Waals surface area (Å²) < 4.78 is 40.3. The third-order valence-electron chi connectivity index (χ3n) is 6.39. The number of aliphatic carboxylic acids is 1. The number of fused-ring (bicyclic) bond motifs is 2. The van der Waals surface area contributed by atoms with Gasteiger partial charge in [0.05, 0.1) is 6.54 Å². The minimum Gasteiger partial charge on any atom is -0.475 e. The number of aromatic nitrogens is 2. The molecule has 3 aromatic rings. The second kappa shape index (κ2) is 11.5. The number of carboxylic acids is 1. The first-order chi connectivity index (χ1) is 18.1. The normalized spacial score (nSPS) is 18.7. The Morgan fingerprint density at radius 1 is 1.13 bits per heavy atom. The molecule has 1 aromatic heterocycles. The van der Waals surface area contributed by atoms with E-state index in [0.717, 1.165) is 38.3 Å². The van der Waals surface area contributed by atoms with E-state index >= 15 is 0 Å². The number of amides is 1. The van der Waals surface area contributed by atoms with Crippen LogP contribution in [-0.2, 0) is 33.0 Å². The van der Waals surface area contributed by atoms with Crippen molar-refractivity contribution in [2.75, 3.05) is 18.4 Å². The summed E-state index contributed by atoms with van der Waals surface area (Å²) in [6.07, 6.45) is -0.319. The van der Waals surface area contributed by atoms with E-state index in [2.05, 4.69) is 44.0 Å². The van der Waals surface area contributed by atoms with Crippen LogP contribution in [0.2, 0.25) is 5.02 Å². The minimum atomic E-state index is -5.08. The fourth-order valence-electron chi connectivity index (χ4n) is 4.58. The molecule has 1 saturated heterocycles. The summed E-state index contributed by atoms with van der Waals surface area (Å²) in [4.78, 5) is 29.0. The van der Waals surface area contributed by atoms with Crippen LogP contribution in [-0.4, -0.2) is 56.8 Å². The maximum Gasteiger partial charge on any atom is 0.490 e. The lowest BCUT2D eigenvalue weighted by atomic mass is 9.88. The van der Waals surface area contributed by atoms with Gasteiger partial charge in [-0.15, -0.1) is 0 Å². The summed E-state index contributed by atoms with van der Waals surface area (Å²) in [6.45, 7) is 3.16. The average Bonchev–Trinajstić information content (AvgIpc) is 3.36. The Balaban J connectivity index is 0.000000426. The Kier molecular flexibility index (Phi) is 8.39. The second-order valence-electron chi connectivity index (χ2n) is 9.07. The molecular weight excluding hydrogens is 525 g/mol. The van der Waals surface area contributed by atoms with E-state index in [-0.39, 0.29) is 5.91 Å². The standard InChI is InChI=1S/C24H25ClN4O2.C2HF3O2/c25-19-7-4-8-20(15-19)27-22(30)21-17-29-14-11-26-23(29)24(31-21)9-12-28(13-10-24)16-18-5-2-1-3-6-18;3-2(4,5)1(6)7/h1-8,11,14-15,21H,9-10,12-13,16-17H2,(H,27,30);(H,6,7). The van der Waals surface area contributed by atoms with Crippen LogP contribution < -0.4 is 5.32 Å². The first-order valence-electron chi connectivity index (χ1n) is 11.9. The lowest BCUT2D eigenvalue weighted by molar-refractivity contribution is -0.192. The first-order valence-corrected chi connectivity index (χ1v) is 12.3. The molecule has 1 atom stereocenters. The third-order valence-corrected chi connectivity index (χ3v) is 6.63. The van der Waals surface area contributed by atoms with Gasteiger partial charge < -0.3 is 19.7 Å². The first kappa shape index (κ1) is 27.6. The van der Waals surface area contributed by atoms with Crippen LogP contribution in [0.25, 0.3) is 0 Å². The van der Waals surface area contributed by atoms with E-state index in [1.807, 2.05) is 24.4 Å². The summed E-state index contributed by atoms with van der Waals surface area (Å²) in [6, 6.07) is 17.7. The predicted molar refractivity (Wildman–Crippen MR) is 134 cm³/mol. The number of ether oxygens (including phenoxy) is 1. The quantitative estimate of drug-likeness (QED) is 0.489. The summed E-state index contributed by atoms with van der Waals surface area (Å²) >= 11 is 6.06. The van der Waals surface area contributed by atoms with Gasteiger partial charge in [0.1, 0.15) is 11.4 Å². The van der Waals surface area contributed by atoms with Gasteiger partial charge in [-0.1, -0.05) is 48.0 Å². The number of likely N-dealkylation sites (tertiary alicyclic amines) is 1. The number of anilines is 1. The number of carbonyl (C=O) groups is 2. The molecule has 3 heterocycles. The van der Waals surface area contributed by atoms with Crippen LogP contribution in [0, 0.1) is 0 Å².